The van der Waals surface area contributed by atoms with E-state index in [1.54, 1.807) is 0 Å². The normalized spacial score (nSPS) is 9.22. The SMILES string of the molecule is N#CCN(CC#N)C(=O)CSCc1ccccc1. The molecule has 92 valence electrons. The third kappa shape index (κ3) is 4.90. The first kappa shape index (κ1) is 14.1. The van der Waals surface area contributed by atoms with Gasteiger partial charge >= 0.3 is 0 Å². The average molecular weight is 259 g/mol. The molecule has 1 aromatic rings. The maximum atomic E-state index is 11.7. The molecule has 0 aromatic heterocycles. The number of nitriles is 2. The maximum absolute atomic E-state index is 11.7. The first-order chi connectivity index (χ1) is 8.77. The fraction of sp³-hybridized carbons (Fsp3) is 0.308. The van der Waals surface area contributed by atoms with Gasteiger partial charge < -0.3 is 4.90 Å². The van der Waals surface area contributed by atoms with E-state index >= 15 is 0 Å². The van der Waals surface area contributed by atoms with Gasteiger partial charge in [0.2, 0.25) is 5.91 Å². The van der Waals surface area contributed by atoms with Crippen LogP contribution < -0.4 is 0 Å². The third-order valence-corrected chi connectivity index (χ3v) is 3.20. The van der Waals surface area contributed by atoms with Gasteiger partial charge in [0.15, 0.2) is 0 Å². The lowest BCUT2D eigenvalue weighted by Gasteiger charge is -2.15. The number of carbonyl (C=O) groups excluding carboxylic acids is 1. The summed E-state index contributed by atoms with van der Waals surface area (Å²) in [6, 6.07) is 13.6. The Balaban J connectivity index is 2.36. The first-order valence-electron chi connectivity index (χ1n) is 5.41. The number of amides is 1. The van der Waals surface area contributed by atoms with Crippen molar-refractivity contribution in [1.29, 1.82) is 10.5 Å². The summed E-state index contributed by atoms with van der Waals surface area (Å²) < 4.78 is 0. The van der Waals surface area contributed by atoms with E-state index in [9.17, 15) is 4.79 Å². The van der Waals surface area contributed by atoms with Crippen LogP contribution in [0, 0.1) is 22.7 Å². The predicted octanol–water partition coefficient (Wildman–Crippen LogP) is 1.80. The molecule has 0 aliphatic carbocycles. The molecule has 0 bridgehead atoms. The Morgan fingerprint density at radius 3 is 2.33 bits per heavy atom. The van der Waals surface area contributed by atoms with Crippen molar-refractivity contribution >= 4 is 17.7 Å². The van der Waals surface area contributed by atoms with E-state index in [2.05, 4.69) is 0 Å². The van der Waals surface area contributed by atoms with E-state index in [4.69, 9.17) is 10.5 Å². The quantitative estimate of drug-likeness (QED) is 0.730. The molecule has 0 heterocycles. The highest BCUT2D eigenvalue weighted by Crippen LogP contribution is 2.12. The molecule has 0 fully saturated rings. The minimum atomic E-state index is -0.168. The molecule has 0 unspecified atom stereocenters. The van der Waals surface area contributed by atoms with Crippen molar-refractivity contribution < 1.29 is 4.79 Å². The first-order valence-corrected chi connectivity index (χ1v) is 6.56. The molecule has 18 heavy (non-hydrogen) atoms. The lowest BCUT2D eigenvalue weighted by Crippen LogP contribution is -2.33. The lowest BCUT2D eigenvalue weighted by atomic mass is 10.2. The van der Waals surface area contributed by atoms with E-state index in [1.165, 1.54) is 16.7 Å². The van der Waals surface area contributed by atoms with Crippen LogP contribution in [0.3, 0.4) is 0 Å². The molecular formula is C13H13N3OS. The summed E-state index contributed by atoms with van der Waals surface area (Å²) in [4.78, 5) is 13.0. The van der Waals surface area contributed by atoms with Gasteiger partial charge in [-0.25, -0.2) is 0 Å². The molecule has 1 amide bonds. The van der Waals surface area contributed by atoms with Crippen molar-refractivity contribution in [1.82, 2.24) is 4.90 Å². The molecule has 0 aliphatic rings. The lowest BCUT2D eigenvalue weighted by molar-refractivity contribution is -0.127. The van der Waals surface area contributed by atoms with Crippen LogP contribution in [0.25, 0.3) is 0 Å². The smallest absolute Gasteiger partial charge is 0.234 e. The van der Waals surface area contributed by atoms with E-state index in [-0.39, 0.29) is 24.7 Å². The molecule has 0 radical (unpaired) electrons. The van der Waals surface area contributed by atoms with Crippen molar-refractivity contribution in [2.24, 2.45) is 0 Å². The summed E-state index contributed by atoms with van der Waals surface area (Å²) >= 11 is 1.48. The summed E-state index contributed by atoms with van der Waals surface area (Å²) in [5.74, 6) is 0.872. The third-order valence-electron chi connectivity index (χ3n) is 2.21. The summed E-state index contributed by atoms with van der Waals surface area (Å²) in [5, 5.41) is 17.1. The Morgan fingerprint density at radius 1 is 1.17 bits per heavy atom. The maximum Gasteiger partial charge on any atom is 0.234 e. The Kier molecular flexibility index (Phi) is 6.38. The second-order valence-electron chi connectivity index (χ2n) is 3.54. The van der Waals surface area contributed by atoms with Gasteiger partial charge in [0.25, 0.3) is 0 Å². The van der Waals surface area contributed by atoms with Gasteiger partial charge in [0, 0.05) is 5.75 Å². The van der Waals surface area contributed by atoms with Gasteiger partial charge in [-0.3, -0.25) is 4.79 Å². The Morgan fingerprint density at radius 2 is 1.78 bits per heavy atom. The number of nitrogens with zero attached hydrogens (tertiary/aromatic N) is 3. The number of thioether (sulfide) groups is 1. The monoisotopic (exact) mass is 259 g/mol. The van der Waals surface area contributed by atoms with E-state index in [0.717, 1.165) is 11.3 Å². The molecule has 1 rings (SSSR count). The van der Waals surface area contributed by atoms with Gasteiger partial charge in [0.1, 0.15) is 13.1 Å². The Bertz CT molecular complexity index is 445. The molecule has 0 spiro atoms. The summed E-state index contributed by atoms with van der Waals surface area (Å²) in [7, 11) is 0. The zero-order chi connectivity index (χ0) is 13.2. The highest BCUT2D eigenvalue weighted by Gasteiger charge is 2.12. The molecular weight excluding hydrogens is 246 g/mol. The summed E-state index contributed by atoms with van der Waals surface area (Å²) in [6.45, 7) is -0.0589. The molecule has 0 saturated heterocycles. The van der Waals surface area contributed by atoms with Crippen molar-refractivity contribution in [2.75, 3.05) is 18.8 Å². The topological polar surface area (TPSA) is 67.9 Å². The number of rotatable bonds is 6. The highest BCUT2D eigenvalue weighted by molar-refractivity contribution is 7.99. The van der Waals surface area contributed by atoms with Crippen LogP contribution >= 0.6 is 11.8 Å². The number of hydrogen-bond donors (Lipinski definition) is 0. The molecule has 0 N–H and O–H groups in total. The molecule has 5 heteroatoms. The average Bonchev–Trinajstić information content (AvgIpc) is 2.39. The van der Waals surface area contributed by atoms with Crippen LogP contribution in [0.5, 0.6) is 0 Å². The fourth-order valence-electron chi connectivity index (χ4n) is 1.32. The second kappa shape index (κ2) is 8.16. The molecule has 4 nitrogen and oxygen atoms in total. The molecule has 0 saturated carbocycles. The van der Waals surface area contributed by atoms with Gasteiger partial charge in [0.05, 0.1) is 17.9 Å². The fourth-order valence-corrected chi connectivity index (χ4v) is 2.21. The minimum absolute atomic E-state index is 0.0295. The molecule has 1 aromatic carbocycles. The van der Waals surface area contributed by atoms with Crippen LogP contribution in [-0.4, -0.2) is 29.6 Å². The van der Waals surface area contributed by atoms with Crippen LogP contribution in [-0.2, 0) is 10.5 Å². The van der Waals surface area contributed by atoms with E-state index in [1.807, 2.05) is 42.5 Å². The molecule has 0 atom stereocenters. The van der Waals surface area contributed by atoms with Crippen LogP contribution in [0.1, 0.15) is 5.56 Å². The number of hydrogen-bond acceptors (Lipinski definition) is 4. The van der Waals surface area contributed by atoms with Gasteiger partial charge in [-0.2, -0.15) is 10.5 Å². The van der Waals surface area contributed by atoms with Crippen molar-refractivity contribution in [3.05, 3.63) is 35.9 Å². The summed E-state index contributed by atoms with van der Waals surface area (Å²) in [5.41, 5.74) is 1.16. The zero-order valence-corrected chi connectivity index (χ0v) is 10.7. The Labute approximate surface area is 111 Å². The van der Waals surface area contributed by atoms with Crippen LogP contribution in [0.15, 0.2) is 30.3 Å². The predicted molar refractivity (Wildman–Crippen MR) is 70.4 cm³/mol. The number of carbonyl (C=O) groups is 1. The minimum Gasteiger partial charge on any atom is -0.315 e. The van der Waals surface area contributed by atoms with E-state index in [0.29, 0.717) is 0 Å². The van der Waals surface area contributed by atoms with E-state index < -0.39 is 0 Å². The van der Waals surface area contributed by atoms with Gasteiger partial charge in [-0.15, -0.1) is 11.8 Å². The van der Waals surface area contributed by atoms with Gasteiger partial charge in [-0.05, 0) is 5.56 Å². The highest BCUT2D eigenvalue weighted by atomic mass is 32.2. The van der Waals surface area contributed by atoms with Crippen molar-refractivity contribution in [2.45, 2.75) is 5.75 Å². The van der Waals surface area contributed by atoms with Gasteiger partial charge in [-0.1, -0.05) is 30.3 Å². The summed E-state index contributed by atoms with van der Waals surface area (Å²) in [6.07, 6.45) is 0. The molecule has 0 aliphatic heterocycles. The number of benzene rings is 1. The second-order valence-corrected chi connectivity index (χ2v) is 4.53. The largest absolute Gasteiger partial charge is 0.315 e. The zero-order valence-electron chi connectivity index (χ0n) is 9.87. The van der Waals surface area contributed by atoms with Crippen LogP contribution in [0.2, 0.25) is 0 Å². The Hall–Kier alpha value is -1.98. The van der Waals surface area contributed by atoms with Crippen molar-refractivity contribution in [3.63, 3.8) is 0 Å². The van der Waals surface area contributed by atoms with Crippen molar-refractivity contribution in [3.8, 4) is 12.1 Å². The van der Waals surface area contributed by atoms with Crippen LogP contribution in [0.4, 0.5) is 0 Å². The standard InChI is InChI=1S/C13H13N3OS/c14-6-8-16(9-7-15)13(17)11-18-10-12-4-2-1-3-5-12/h1-5H,8-11H2.